The van der Waals surface area contributed by atoms with Gasteiger partial charge in [-0.2, -0.15) is 11.8 Å². The van der Waals surface area contributed by atoms with Crippen LogP contribution in [0.5, 0.6) is 0 Å². The van der Waals surface area contributed by atoms with Crippen molar-refractivity contribution in [3.63, 3.8) is 0 Å². The third-order valence-electron chi connectivity index (χ3n) is 3.14. The van der Waals surface area contributed by atoms with E-state index in [1.54, 1.807) is 0 Å². The molecule has 1 aromatic rings. The molecule has 3 nitrogen and oxygen atoms in total. The second kappa shape index (κ2) is 8.90. The molecule has 0 fully saturated rings. The van der Waals surface area contributed by atoms with Crippen LogP contribution in [0.1, 0.15) is 25.0 Å². The van der Waals surface area contributed by atoms with E-state index in [0.717, 1.165) is 25.6 Å². The summed E-state index contributed by atoms with van der Waals surface area (Å²) in [4.78, 5) is 6.89. The van der Waals surface area contributed by atoms with Crippen LogP contribution in [0.4, 0.5) is 0 Å². The molecule has 4 heteroatoms. The minimum atomic E-state index is 0.552. The molecule has 0 bridgehead atoms. The Morgan fingerprint density at radius 3 is 2.55 bits per heavy atom. The van der Waals surface area contributed by atoms with Gasteiger partial charge < -0.3 is 10.2 Å². The summed E-state index contributed by atoms with van der Waals surface area (Å²) in [5.41, 5.74) is 2.60. The Morgan fingerprint density at radius 2 is 2.00 bits per heavy atom. The number of aliphatic imine (C=N–C) groups is 1. The highest BCUT2D eigenvalue weighted by Gasteiger charge is 2.07. The Balaban J connectivity index is 2.67. The van der Waals surface area contributed by atoms with Crippen molar-refractivity contribution in [2.45, 2.75) is 32.6 Å². The van der Waals surface area contributed by atoms with Crippen LogP contribution in [0.3, 0.4) is 0 Å². The molecule has 0 spiro atoms. The van der Waals surface area contributed by atoms with E-state index < -0.39 is 0 Å². The van der Waals surface area contributed by atoms with Gasteiger partial charge in [0.15, 0.2) is 5.96 Å². The lowest BCUT2D eigenvalue weighted by Crippen LogP contribution is -2.38. The number of hydrogen-bond donors (Lipinski definition) is 1. The van der Waals surface area contributed by atoms with Gasteiger partial charge in [0.1, 0.15) is 0 Å². The molecule has 0 aliphatic heterocycles. The first-order chi connectivity index (χ1) is 9.56. The van der Waals surface area contributed by atoms with E-state index in [1.165, 1.54) is 11.1 Å². The molecule has 112 valence electrons. The fraction of sp³-hybridized carbons (Fsp3) is 0.562. The largest absolute Gasteiger partial charge is 0.357 e. The first-order valence-corrected chi connectivity index (χ1v) is 8.43. The number of benzene rings is 1. The fourth-order valence-corrected chi connectivity index (χ4v) is 2.03. The number of rotatable bonds is 6. The highest BCUT2D eigenvalue weighted by atomic mass is 32.2. The van der Waals surface area contributed by atoms with Crippen LogP contribution in [-0.4, -0.2) is 42.5 Å². The first-order valence-electron chi connectivity index (χ1n) is 7.14. The van der Waals surface area contributed by atoms with Gasteiger partial charge in [-0.25, -0.2) is 0 Å². The molecule has 0 aliphatic carbocycles. The van der Waals surface area contributed by atoms with Crippen molar-refractivity contribution in [1.29, 1.82) is 0 Å². The van der Waals surface area contributed by atoms with E-state index in [-0.39, 0.29) is 0 Å². The van der Waals surface area contributed by atoms with Crippen molar-refractivity contribution in [2.75, 3.05) is 26.4 Å². The average molecular weight is 293 g/mol. The summed E-state index contributed by atoms with van der Waals surface area (Å²) in [5, 5.41) is 3.91. The predicted molar refractivity (Wildman–Crippen MR) is 91.6 cm³/mol. The molecule has 0 amide bonds. The molecule has 1 N–H and O–H groups in total. The number of nitrogens with one attached hydrogen (secondary N) is 1. The zero-order chi connectivity index (χ0) is 15.0. The van der Waals surface area contributed by atoms with Crippen molar-refractivity contribution in [1.82, 2.24) is 10.2 Å². The van der Waals surface area contributed by atoms with Gasteiger partial charge in [-0.3, -0.25) is 4.99 Å². The van der Waals surface area contributed by atoms with E-state index in [4.69, 9.17) is 4.99 Å². The van der Waals surface area contributed by atoms with E-state index in [0.29, 0.717) is 5.25 Å². The Kier molecular flexibility index (Phi) is 7.52. The van der Waals surface area contributed by atoms with Gasteiger partial charge in [0.2, 0.25) is 0 Å². The van der Waals surface area contributed by atoms with Gasteiger partial charge in [0, 0.05) is 25.4 Å². The molecule has 0 saturated heterocycles. The molecule has 0 radical (unpaired) electrons. The quantitative estimate of drug-likeness (QED) is 0.645. The summed E-state index contributed by atoms with van der Waals surface area (Å²) in [7, 11) is 2.09. The molecule has 20 heavy (non-hydrogen) atoms. The monoisotopic (exact) mass is 293 g/mol. The van der Waals surface area contributed by atoms with Crippen LogP contribution in [-0.2, 0) is 6.54 Å². The molecule has 1 aromatic carbocycles. The first kappa shape index (κ1) is 16.9. The minimum absolute atomic E-state index is 0.552. The third kappa shape index (κ3) is 5.87. The van der Waals surface area contributed by atoms with Gasteiger partial charge >= 0.3 is 0 Å². The van der Waals surface area contributed by atoms with Crippen LogP contribution in [0.15, 0.2) is 29.3 Å². The molecular weight excluding hydrogens is 266 g/mol. The van der Waals surface area contributed by atoms with Crippen molar-refractivity contribution < 1.29 is 0 Å². The predicted octanol–water partition coefficient (Wildman–Crippen LogP) is 3.14. The molecule has 1 unspecified atom stereocenters. The minimum Gasteiger partial charge on any atom is -0.357 e. The second-order valence-corrected chi connectivity index (χ2v) is 6.36. The maximum Gasteiger partial charge on any atom is 0.193 e. The molecule has 1 rings (SSSR count). The summed E-state index contributed by atoms with van der Waals surface area (Å²) >= 11 is 1.85. The van der Waals surface area contributed by atoms with Gasteiger partial charge in [-0.15, -0.1) is 0 Å². The smallest absolute Gasteiger partial charge is 0.193 e. The standard InChI is InChI=1S/C16H27N3S/c1-6-17-16(18-11-14(3)20-5)19(4)12-15-9-7-13(2)8-10-15/h7-10,14H,6,11-12H2,1-5H3,(H,17,18). The molecule has 1 atom stereocenters. The maximum absolute atomic E-state index is 4.71. The molecule has 0 aliphatic rings. The normalized spacial score (nSPS) is 13.2. The number of aryl methyl sites for hydroxylation is 1. The Morgan fingerprint density at radius 1 is 1.35 bits per heavy atom. The SMILES string of the molecule is CCNC(=NCC(C)SC)N(C)Cc1ccc(C)cc1. The summed E-state index contributed by atoms with van der Waals surface area (Å²) in [6, 6.07) is 8.67. The lowest BCUT2D eigenvalue weighted by Gasteiger charge is -2.22. The third-order valence-corrected chi connectivity index (χ3v) is 4.09. The highest BCUT2D eigenvalue weighted by Crippen LogP contribution is 2.08. The van der Waals surface area contributed by atoms with Crippen molar-refractivity contribution in [3.05, 3.63) is 35.4 Å². The van der Waals surface area contributed by atoms with Crippen LogP contribution < -0.4 is 5.32 Å². The van der Waals surface area contributed by atoms with Gasteiger partial charge in [0.25, 0.3) is 0 Å². The summed E-state index contributed by atoms with van der Waals surface area (Å²) in [6.45, 7) is 9.04. The van der Waals surface area contributed by atoms with E-state index in [2.05, 4.69) is 68.6 Å². The van der Waals surface area contributed by atoms with Crippen LogP contribution >= 0.6 is 11.8 Å². The maximum atomic E-state index is 4.71. The lowest BCUT2D eigenvalue weighted by atomic mass is 10.1. The van der Waals surface area contributed by atoms with Crippen molar-refractivity contribution in [3.8, 4) is 0 Å². The van der Waals surface area contributed by atoms with E-state index in [9.17, 15) is 0 Å². The van der Waals surface area contributed by atoms with Crippen LogP contribution in [0.25, 0.3) is 0 Å². The average Bonchev–Trinajstić information content (AvgIpc) is 2.45. The molecule has 0 heterocycles. The highest BCUT2D eigenvalue weighted by molar-refractivity contribution is 7.99. The number of hydrogen-bond acceptors (Lipinski definition) is 2. The fourth-order valence-electron chi connectivity index (χ4n) is 1.80. The lowest BCUT2D eigenvalue weighted by molar-refractivity contribution is 0.477. The Hall–Kier alpha value is -1.16. The van der Waals surface area contributed by atoms with Crippen LogP contribution in [0, 0.1) is 6.92 Å². The summed E-state index contributed by atoms with van der Waals surface area (Å²) < 4.78 is 0. The topological polar surface area (TPSA) is 27.6 Å². The van der Waals surface area contributed by atoms with Crippen molar-refractivity contribution in [2.24, 2.45) is 4.99 Å². The zero-order valence-electron chi connectivity index (χ0n) is 13.3. The van der Waals surface area contributed by atoms with Gasteiger partial charge in [-0.1, -0.05) is 36.8 Å². The van der Waals surface area contributed by atoms with Gasteiger partial charge in [0.05, 0.1) is 6.54 Å². The van der Waals surface area contributed by atoms with Gasteiger partial charge in [-0.05, 0) is 25.7 Å². The number of guanidine groups is 1. The summed E-state index contributed by atoms with van der Waals surface area (Å²) in [5.74, 6) is 0.981. The number of thioether (sulfide) groups is 1. The Labute approximate surface area is 127 Å². The second-order valence-electron chi connectivity index (χ2n) is 5.08. The zero-order valence-corrected chi connectivity index (χ0v) is 14.1. The molecule has 0 saturated carbocycles. The molecular formula is C16H27N3S. The molecule has 0 aromatic heterocycles. The van der Waals surface area contributed by atoms with Crippen molar-refractivity contribution >= 4 is 17.7 Å². The number of nitrogens with zero attached hydrogens (tertiary/aromatic N) is 2. The Bertz CT molecular complexity index is 414. The van der Waals surface area contributed by atoms with Crippen LogP contribution in [0.2, 0.25) is 0 Å². The summed E-state index contributed by atoms with van der Waals surface area (Å²) in [6.07, 6.45) is 2.13. The van der Waals surface area contributed by atoms with E-state index >= 15 is 0 Å². The van der Waals surface area contributed by atoms with E-state index in [1.807, 2.05) is 11.8 Å².